The SMILES string of the molecule is CC(C)[C@@H]1CC[C@@H](C)C[C@H]1OC(=O)C(=[N+]=[N-])C(=O)COCc1ccccc1. The Kier molecular flexibility index (Phi) is 7.89. The molecule has 1 aliphatic carbocycles. The van der Waals surface area contributed by atoms with Gasteiger partial charge in [0.2, 0.25) is 0 Å². The van der Waals surface area contributed by atoms with Crippen LogP contribution < -0.4 is 0 Å². The Labute approximate surface area is 160 Å². The van der Waals surface area contributed by atoms with Crippen molar-refractivity contribution >= 4 is 17.5 Å². The van der Waals surface area contributed by atoms with E-state index in [1.54, 1.807) is 0 Å². The first-order valence-electron chi connectivity index (χ1n) is 9.50. The van der Waals surface area contributed by atoms with E-state index in [2.05, 4.69) is 25.6 Å². The van der Waals surface area contributed by atoms with E-state index in [0.29, 0.717) is 11.8 Å². The Balaban J connectivity index is 1.92. The Hall–Kier alpha value is -2.30. The predicted octanol–water partition coefficient (Wildman–Crippen LogP) is 3.45. The fourth-order valence-electron chi connectivity index (χ4n) is 3.56. The summed E-state index contributed by atoms with van der Waals surface area (Å²) in [6, 6.07) is 9.37. The van der Waals surface area contributed by atoms with Gasteiger partial charge in [-0.3, -0.25) is 4.79 Å². The molecule has 1 fully saturated rings. The summed E-state index contributed by atoms with van der Waals surface area (Å²) in [7, 11) is 0. The van der Waals surface area contributed by atoms with E-state index in [9.17, 15) is 9.59 Å². The minimum absolute atomic E-state index is 0.232. The van der Waals surface area contributed by atoms with Gasteiger partial charge in [0.25, 0.3) is 5.78 Å². The highest BCUT2D eigenvalue weighted by Crippen LogP contribution is 2.35. The molecule has 1 aromatic rings. The van der Waals surface area contributed by atoms with Crippen molar-refractivity contribution in [1.82, 2.24) is 0 Å². The van der Waals surface area contributed by atoms with E-state index in [4.69, 9.17) is 15.0 Å². The molecule has 146 valence electrons. The van der Waals surface area contributed by atoms with Gasteiger partial charge in [0.1, 0.15) is 12.7 Å². The Bertz CT molecular complexity index is 695. The molecule has 6 nitrogen and oxygen atoms in total. The molecule has 0 heterocycles. The molecule has 0 amide bonds. The van der Waals surface area contributed by atoms with Crippen LogP contribution in [0.3, 0.4) is 0 Å². The van der Waals surface area contributed by atoms with Crippen LogP contribution in [0, 0.1) is 17.8 Å². The number of hydrogen-bond acceptors (Lipinski definition) is 4. The zero-order valence-corrected chi connectivity index (χ0v) is 16.3. The maximum absolute atomic E-state index is 12.4. The first-order valence-corrected chi connectivity index (χ1v) is 9.50. The maximum Gasteiger partial charge on any atom is 0.443 e. The van der Waals surface area contributed by atoms with Crippen molar-refractivity contribution in [3.8, 4) is 0 Å². The number of carbonyl (C=O) groups is 2. The molecular weight excluding hydrogens is 344 g/mol. The lowest BCUT2D eigenvalue weighted by Crippen LogP contribution is -2.39. The number of carbonyl (C=O) groups excluding carboxylic acids is 2. The lowest BCUT2D eigenvalue weighted by atomic mass is 9.75. The van der Waals surface area contributed by atoms with Crippen LogP contribution in [-0.4, -0.2) is 35.0 Å². The van der Waals surface area contributed by atoms with Crippen molar-refractivity contribution in [2.45, 2.75) is 52.7 Å². The summed E-state index contributed by atoms with van der Waals surface area (Å²) in [6.45, 7) is 6.21. The zero-order valence-electron chi connectivity index (χ0n) is 16.3. The molecule has 1 saturated carbocycles. The Morgan fingerprint density at radius 3 is 2.56 bits per heavy atom. The summed E-state index contributed by atoms with van der Waals surface area (Å²) >= 11 is 0. The van der Waals surface area contributed by atoms with Gasteiger partial charge in [-0.1, -0.05) is 57.5 Å². The van der Waals surface area contributed by atoms with E-state index in [1.807, 2.05) is 30.3 Å². The first-order chi connectivity index (χ1) is 12.9. The molecule has 0 bridgehead atoms. The molecule has 2 rings (SSSR count). The minimum Gasteiger partial charge on any atom is -0.453 e. The summed E-state index contributed by atoms with van der Waals surface area (Å²) in [5, 5.41) is 0. The standard InChI is InChI=1S/C21H28N2O4/c1-14(2)17-10-9-15(3)11-19(17)27-21(25)20(23-22)18(24)13-26-12-16-7-5-4-6-8-16/h4-8,14-15,17,19H,9-13H2,1-3H3/t15-,17+,19-/m1/s1. The minimum atomic E-state index is -0.879. The molecule has 3 atom stereocenters. The summed E-state index contributed by atoms with van der Waals surface area (Å²) in [5.41, 5.74) is 9.45. The Morgan fingerprint density at radius 2 is 1.93 bits per heavy atom. The number of ketones is 1. The van der Waals surface area contributed by atoms with E-state index in [-0.39, 0.29) is 25.2 Å². The van der Waals surface area contributed by atoms with Crippen molar-refractivity contribution in [2.24, 2.45) is 17.8 Å². The molecule has 27 heavy (non-hydrogen) atoms. The molecule has 0 radical (unpaired) electrons. The van der Waals surface area contributed by atoms with Crippen LogP contribution in [0.5, 0.6) is 0 Å². The molecule has 1 aliphatic rings. The van der Waals surface area contributed by atoms with Crippen LogP contribution >= 0.6 is 0 Å². The van der Waals surface area contributed by atoms with Crippen LogP contribution in [0.4, 0.5) is 0 Å². The molecule has 0 aromatic heterocycles. The second-order valence-corrected chi connectivity index (χ2v) is 7.62. The van der Waals surface area contributed by atoms with Crippen molar-refractivity contribution in [2.75, 3.05) is 6.61 Å². The molecular formula is C21H28N2O4. The lowest BCUT2D eigenvalue weighted by molar-refractivity contribution is -0.153. The lowest BCUT2D eigenvalue weighted by Gasteiger charge is -2.36. The zero-order chi connectivity index (χ0) is 19.8. The van der Waals surface area contributed by atoms with Gasteiger partial charge in [0.15, 0.2) is 0 Å². The molecule has 1 aromatic carbocycles. The van der Waals surface area contributed by atoms with E-state index >= 15 is 0 Å². The smallest absolute Gasteiger partial charge is 0.443 e. The highest BCUT2D eigenvalue weighted by Gasteiger charge is 2.38. The third-order valence-electron chi connectivity index (χ3n) is 5.12. The first kappa shape index (κ1) is 21.0. The van der Waals surface area contributed by atoms with Gasteiger partial charge in [-0.25, -0.2) is 4.79 Å². The van der Waals surface area contributed by atoms with Crippen LogP contribution in [0.25, 0.3) is 5.53 Å². The predicted molar refractivity (Wildman–Crippen MR) is 101 cm³/mol. The topological polar surface area (TPSA) is 89.0 Å². The average Bonchev–Trinajstić information content (AvgIpc) is 2.63. The van der Waals surface area contributed by atoms with Crippen LogP contribution in [0.1, 0.15) is 45.6 Å². The molecule has 0 saturated heterocycles. The van der Waals surface area contributed by atoms with Crippen molar-refractivity contribution in [1.29, 1.82) is 0 Å². The number of esters is 1. The molecule has 0 aliphatic heterocycles. The highest BCUT2D eigenvalue weighted by atomic mass is 16.5. The normalized spacial score (nSPS) is 22.1. The fourth-order valence-corrected chi connectivity index (χ4v) is 3.56. The second kappa shape index (κ2) is 10.1. The summed E-state index contributed by atoms with van der Waals surface area (Å²) in [4.78, 5) is 27.5. The number of nitrogens with zero attached hydrogens (tertiary/aromatic N) is 2. The number of ether oxygens (including phenoxy) is 2. The summed E-state index contributed by atoms with van der Waals surface area (Å²) in [5.74, 6) is -0.500. The molecule has 0 unspecified atom stereocenters. The number of Topliss-reactive ketones (excluding diaryl/α,β-unsaturated/α-hetero) is 1. The van der Waals surface area contributed by atoms with E-state index < -0.39 is 17.5 Å². The van der Waals surface area contributed by atoms with Gasteiger partial charge < -0.3 is 15.0 Å². The van der Waals surface area contributed by atoms with Crippen LogP contribution in [-0.2, 0) is 25.7 Å². The average molecular weight is 372 g/mol. The van der Waals surface area contributed by atoms with Gasteiger partial charge in [-0.05, 0) is 36.2 Å². The van der Waals surface area contributed by atoms with Crippen molar-refractivity contribution < 1.29 is 23.9 Å². The molecule has 0 spiro atoms. The number of rotatable bonds is 8. The third kappa shape index (κ3) is 6.12. The molecule has 6 heteroatoms. The van der Waals surface area contributed by atoms with Gasteiger partial charge in [0.05, 0.1) is 6.61 Å². The quantitative estimate of drug-likeness (QED) is 0.230. The second-order valence-electron chi connectivity index (χ2n) is 7.62. The highest BCUT2D eigenvalue weighted by molar-refractivity contribution is 6.62. The van der Waals surface area contributed by atoms with Gasteiger partial charge in [0, 0.05) is 0 Å². The van der Waals surface area contributed by atoms with Crippen LogP contribution in [0.2, 0.25) is 0 Å². The number of benzene rings is 1. The van der Waals surface area contributed by atoms with Gasteiger partial charge >= 0.3 is 11.7 Å². The van der Waals surface area contributed by atoms with Gasteiger partial charge in [-0.2, -0.15) is 4.79 Å². The number of hydrogen-bond donors (Lipinski definition) is 0. The van der Waals surface area contributed by atoms with Crippen molar-refractivity contribution in [3.05, 3.63) is 41.4 Å². The van der Waals surface area contributed by atoms with Crippen LogP contribution in [0.15, 0.2) is 30.3 Å². The summed E-state index contributed by atoms with van der Waals surface area (Å²) < 4.78 is 10.9. The Morgan fingerprint density at radius 1 is 1.22 bits per heavy atom. The molecule has 0 N–H and O–H groups in total. The van der Waals surface area contributed by atoms with E-state index in [0.717, 1.165) is 24.8 Å². The monoisotopic (exact) mass is 372 g/mol. The summed E-state index contributed by atoms with van der Waals surface area (Å²) in [6.07, 6.45) is 2.57. The largest absolute Gasteiger partial charge is 0.453 e. The third-order valence-corrected chi connectivity index (χ3v) is 5.12. The van der Waals surface area contributed by atoms with E-state index in [1.165, 1.54) is 0 Å². The maximum atomic E-state index is 12.4. The van der Waals surface area contributed by atoms with Gasteiger partial charge in [-0.15, -0.1) is 0 Å². The fraction of sp³-hybridized carbons (Fsp3) is 0.571. The van der Waals surface area contributed by atoms with Crippen molar-refractivity contribution in [3.63, 3.8) is 0 Å².